The first-order valence-corrected chi connectivity index (χ1v) is 7.37. The highest BCUT2D eigenvalue weighted by atomic mass is 79.9. The van der Waals surface area contributed by atoms with E-state index in [4.69, 9.17) is 9.84 Å². The molecule has 0 saturated carbocycles. The lowest BCUT2D eigenvalue weighted by Gasteiger charge is -2.21. The minimum Gasteiger partial charge on any atom is -0.496 e. The number of nitrogens with zero attached hydrogens (tertiary/aromatic N) is 1. The Morgan fingerprint density at radius 3 is 2.75 bits per heavy atom. The SMILES string of the molecule is CCCN(CCO)C(=O)NCc1ccc(OC)c(Br)c1. The topological polar surface area (TPSA) is 61.8 Å². The van der Waals surface area contributed by atoms with Crippen LogP contribution in [0.2, 0.25) is 0 Å². The molecule has 2 amide bonds. The summed E-state index contributed by atoms with van der Waals surface area (Å²) in [6.45, 7) is 3.40. The summed E-state index contributed by atoms with van der Waals surface area (Å²) < 4.78 is 6.01. The van der Waals surface area contributed by atoms with Gasteiger partial charge in [0, 0.05) is 19.6 Å². The first-order chi connectivity index (χ1) is 9.62. The zero-order valence-corrected chi connectivity index (χ0v) is 13.4. The summed E-state index contributed by atoms with van der Waals surface area (Å²) in [4.78, 5) is 13.6. The summed E-state index contributed by atoms with van der Waals surface area (Å²) in [6, 6.07) is 5.51. The second kappa shape index (κ2) is 8.81. The minimum absolute atomic E-state index is 0.0263. The van der Waals surface area contributed by atoms with Gasteiger partial charge >= 0.3 is 6.03 Å². The molecular weight excluding hydrogens is 324 g/mol. The van der Waals surface area contributed by atoms with Gasteiger partial charge in [0.15, 0.2) is 0 Å². The Balaban J connectivity index is 2.57. The largest absolute Gasteiger partial charge is 0.496 e. The van der Waals surface area contributed by atoms with E-state index in [0.29, 0.717) is 19.6 Å². The van der Waals surface area contributed by atoms with Crippen LogP contribution in [0, 0.1) is 0 Å². The summed E-state index contributed by atoms with van der Waals surface area (Å²) in [7, 11) is 1.61. The number of halogens is 1. The lowest BCUT2D eigenvalue weighted by atomic mass is 10.2. The Morgan fingerprint density at radius 2 is 2.20 bits per heavy atom. The smallest absolute Gasteiger partial charge is 0.317 e. The van der Waals surface area contributed by atoms with Crippen LogP contribution in [0.5, 0.6) is 5.75 Å². The number of benzene rings is 1. The number of nitrogens with one attached hydrogen (secondary N) is 1. The number of carbonyl (C=O) groups excluding carboxylic acids is 1. The van der Waals surface area contributed by atoms with Gasteiger partial charge in [-0.25, -0.2) is 4.79 Å². The molecule has 20 heavy (non-hydrogen) atoms. The van der Waals surface area contributed by atoms with Crippen LogP contribution in [0.4, 0.5) is 4.79 Å². The van der Waals surface area contributed by atoms with Crippen molar-refractivity contribution in [3.05, 3.63) is 28.2 Å². The molecular formula is C14H21BrN2O3. The van der Waals surface area contributed by atoms with Crippen LogP contribution in [0.1, 0.15) is 18.9 Å². The maximum Gasteiger partial charge on any atom is 0.317 e. The van der Waals surface area contributed by atoms with Crippen molar-refractivity contribution in [3.8, 4) is 5.75 Å². The molecule has 0 heterocycles. The average Bonchev–Trinajstić information content (AvgIpc) is 2.44. The molecule has 0 bridgehead atoms. The van der Waals surface area contributed by atoms with Crippen molar-refractivity contribution in [2.45, 2.75) is 19.9 Å². The third-order valence-corrected chi connectivity index (χ3v) is 3.43. The van der Waals surface area contributed by atoms with Crippen molar-refractivity contribution in [2.24, 2.45) is 0 Å². The fraction of sp³-hybridized carbons (Fsp3) is 0.500. The number of rotatable bonds is 7. The number of amides is 2. The third-order valence-electron chi connectivity index (χ3n) is 2.81. The fourth-order valence-corrected chi connectivity index (χ4v) is 2.40. The predicted octanol–water partition coefficient (Wildman–Crippen LogP) is 2.37. The van der Waals surface area contributed by atoms with E-state index < -0.39 is 0 Å². The van der Waals surface area contributed by atoms with Gasteiger partial charge in [-0.1, -0.05) is 13.0 Å². The number of hydrogen-bond donors (Lipinski definition) is 2. The lowest BCUT2D eigenvalue weighted by Crippen LogP contribution is -2.41. The van der Waals surface area contributed by atoms with Crippen LogP contribution in [-0.4, -0.2) is 42.8 Å². The predicted molar refractivity (Wildman–Crippen MR) is 81.9 cm³/mol. The van der Waals surface area contributed by atoms with E-state index in [1.165, 1.54) is 0 Å². The van der Waals surface area contributed by atoms with E-state index in [-0.39, 0.29) is 12.6 Å². The maximum atomic E-state index is 12.0. The summed E-state index contributed by atoms with van der Waals surface area (Å²) >= 11 is 3.41. The summed E-state index contributed by atoms with van der Waals surface area (Å²) in [5, 5.41) is 11.8. The molecule has 0 aliphatic rings. The molecule has 1 rings (SSSR count). The molecule has 1 aromatic carbocycles. The van der Waals surface area contributed by atoms with E-state index in [1.54, 1.807) is 12.0 Å². The highest BCUT2D eigenvalue weighted by molar-refractivity contribution is 9.10. The Labute approximate surface area is 128 Å². The highest BCUT2D eigenvalue weighted by Crippen LogP contribution is 2.25. The maximum absolute atomic E-state index is 12.0. The van der Waals surface area contributed by atoms with Crippen molar-refractivity contribution in [3.63, 3.8) is 0 Å². The van der Waals surface area contributed by atoms with Gasteiger partial charge in [0.25, 0.3) is 0 Å². The molecule has 0 aromatic heterocycles. The average molecular weight is 345 g/mol. The second-order valence-electron chi connectivity index (χ2n) is 4.34. The summed E-state index contributed by atoms with van der Waals surface area (Å²) in [5.74, 6) is 0.757. The Kier molecular flexibility index (Phi) is 7.40. The van der Waals surface area contributed by atoms with Crippen molar-refractivity contribution in [2.75, 3.05) is 26.8 Å². The molecule has 0 aliphatic heterocycles. The van der Waals surface area contributed by atoms with Crippen molar-refractivity contribution < 1.29 is 14.6 Å². The van der Waals surface area contributed by atoms with Crippen LogP contribution in [-0.2, 0) is 6.54 Å². The van der Waals surface area contributed by atoms with Crippen LogP contribution in [0.15, 0.2) is 22.7 Å². The molecule has 5 nitrogen and oxygen atoms in total. The number of hydrogen-bond acceptors (Lipinski definition) is 3. The molecule has 1 aromatic rings. The van der Waals surface area contributed by atoms with Gasteiger partial charge in [0.1, 0.15) is 5.75 Å². The molecule has 0 fully saturated rings. The standard InChI is InChI=1S/C14H21BrN2O3/c1-3-6-17(7-8-18)14(19)16-10-11-4-5-13(20-2)12(15)9-11/h4-5,9,18H,3,6-8,10H2,1-2H3,(H,16,19). The van der Waals surface area contributed by atoms with Crippen molar-refractivity contribution >= 4 is 22.0 Å². The van der Waals surface area contributed by atoms with Crippen LogP contribution in [0.25, 0.3) is 0 Å². The molecule has 0 radical (unpaired) electrons. The molecule has 0 atom stereocenters. The quantitative estimate of drug-likeness (QED) is 0.798. The van der Waals surface area contributed by atoms with Crippen molar-refractivity contribution in [1.82, 2.24) is 10.2 Å². The molecule has 0 aliphatic carbocycles. The Hall–Kier alpha value is -1.27. The monoisotopic (exact) mass is 344 g/mol. The van der Waals surface area contributed by atoms with Gasteiger partial charge in [-0.15, -0.1) is 0 Å². The van der Waals surface area contributed by atoms with Gasteiger partial charge in [-0.2, -0.15) is 0 Å². The number of methoxy groups -OCH3 is 1. The first-order valence-electron chi connectivity index (χ1n) is 6.58. The zero-order chi connectivity index (χ0) is 15.0. The molecule has 112 valence electrons. The van der Waals surface area contributed by atoms with E-state index >= 15 is 0 Å². The molecule has 2 N–H and O–H groups in total. The van der Waals surface area contributed by atoms with E-state index in [9.17, 15) is 4.79 Å². The number of urea groups is 1. The summed E-state index contributed by atoms with van der Waals surface area (Å²) in [5.41, 5.74) is 0.978. The molecule has 0 unspecified atom stereocenters. The van der Waals surface area contributed by atoms with Gasteiger partial charge in [-0.3, -0.25) is 0 Å². The minimum atomic E-state index is -0.159. The zero-order valence-electron chi connectivity index (χ0n) is 11.9. The van der Waals surface area contributed by atoms with Crippen LogP contribution < -0.4 is 10.1 Å². The Morgan fingerprint density at radius 1 is 1.45 bits per heavy atom. The number of aliphatic hydroxyl groups is 1. The Bertz CT molecular complexity index is 434. The van der Waals surface area contributed by atoms with Gasteiger partial charge < -0.3 is 20.1 Å². The number of carbonyl (C=O) groups is 1. The molecule has 6 heteroatoms. The number of ether oxygens (including phenoxy) is 1. The summed E-state index contributed by atoms with van der Waals surface area (Å²) in [6.07, 6.45) is 0.863. The second-order valence-corrected chi connectivity index (χ2v) is 5.19. The van der Waals surface area contributed by atoms with Crippen LogP contribution >= 0.6 is 15.9 Å². The fourth-order valence-electron chi connectivity index (χ4n) is 1.81. The highest BCUT2D eigenvalue weighted by Gasteiger charge is 2.11. The van der Waals surface area contributed by atoms with Gasteiger partial charge in [-0.05, 0) is 40.0 Å². The lowest BCUT2D eigenvalue weighted by molar-refractivity contribution is 0.177. The van der Waals surface area contributed by atoms with E-state index in [2.05, 4.69) is 21.2 Å². The molecule has 0 saturated heterocycles. The first kappa shape index (κ1) is 16.8. The van der Waals surface area contributed by atoms with Crippen molar-refractivity contribution in [1.29, 1.82) is 0 Å². The van der Waals surface area contributed by atoms with Crippen LogP contribution in [0.3, 0.4) is 0 Å². The molecule has 0 spiro atoms. The van der Waals surface area contributed by atoms with Gasteiger partial charge in [0.2, 0.25) is 0 Å². The van der Waals surface area contributed by atoms with Gasteiger partial charge in [0.05, 0.1) is 18.2 Å². The third kappa shape index (κ3) is 5.02. The van der Waals surface area contributed by atoms with E-state index in [1.807, 2.05) is 25.1 Å². The normalized spacial score (nSPS) is 10.2. The number of aliphatic hydroxyl groups excluding tert-OH is 1. The van der Waals surface area contributed by atoms with E-state index in [0.717, 1.165) is 22.2 Å².